The lowest BCUT2D eigenvalue weighted by Crippen LogP contribution is -2.28. The van der Waals surface area contributed by atoms with Crippen LogP contribution >= 0.6 is 0 Å². The Kier molecular flexibility index (Phi) is 6.44. The molecule has 0 bridgehead atoms. The van der Waals surface area contributed by atoms with Gasteiger partial charge in [-0.05, 0) is 38.9 Å². The summed E-state index contributed by atoms with van der Waals surface area (Å²) in [4.78, 5) is 2.37. The summed E-state index contributed by atoms with van der Waals surface area (Å²) in [6, 6.07) is 2.70. The minimum atomic E-state index is 0.608. The molecule has 1 atom stereocenters. The Bertz CT molecular complexity index is 333. The van der Waals surface area contributed by atoms with E-state index in [9.17, 15) is 0 Å². The van der Waals surface area contributed by atoms with E-state index in [1.165, 1.54) is 12.0 Å². The Morgan fingerprint density at radius 2 is 2.06 bits per heavy atom. The third kappa shape index (κ3) is 4.83. The van der Waals surface area contributed by atoms with Crippen LogP contribution in [0.3, 0.4) is 0 Å². The van der Waals surface area contributed by atoms with Crippen LogP contribution in [0.25, 0.3) is 0 Å². The summed E-state index contributed by atoms with van der Waals surface area (Å²) >= 11 is 0. The molecule has 18 heavy (non-hydrogen) atoms. The molecule has 0 aromatic carbocycles. The summed E-state index contributed by atoms with van der Waals surface area (Å²) < 4.78 is 5.57. The summed E-state index contributed by atoms with van der Waals surface area (Å²) in [6.07, 6.45) is 2.97. The second-order valence-corrected chi connectivity index (χ2v) is 5.57. The Morgan fingerprint density at radius 1 is 1.33 bits per heavy atom. The average Bonchev–Trinajstić information content (AvgIpc) is 2.75. The van der Waals surface area contributed by atoms with E-state index >= 15 is 0 Å². The number of rotatable bonds is 8. The number of hydrogen-bond donors (Lipinski definition) is 1. The molecule has 1 aromatic heterocycles. The molecule has 0 saturated heterocycles. The van der Waals surface area contributed by atoms with E-state index in [1.807, 2.05) is 0 Å². The fourth-order valence-electron chi connectivity index (χ4n) is 1.87. The van der Waals surface area contributed by atoms with Crippen LogP contribution < -0.4 is 5.32 Å². The standard InChI is InChI=1S/C15H28N2O/c1-6-13(4)17(5)11-14-7-8-18-15(14)10-16-9-12(2)3/h7-8,12-13,16H,6,9-11H2,1-5H3. The molecule has 1 unspecified atom stereocenters. The predicted octanol–water partition coefficient (Wildman–Crippen LogP) is 3.26. The van der Waals surface area contributed by atoms with Crippen molar-refractivity contribution in [2.75, 3.05) is 13.6 Å². The molecule has 0 fully saturated rings. The molecule has 1 heterocycles. The van der Waals surface area contributed by atoms with Crippen LogP contribution in [0.5, 0.6) is 0 Å². The molecular weight excluding hydrogens is 224 g/mol. The summed E-state index contributed by atoms with van der Waals surface area (Å²) in [5.41, 5.74) is 1.30. The fraction of sp³-hybridized carbons (Fsp3) is 0.733. The van der Waals surface area contributed by atoms with Gasteiger partial charge in [0.2, 0.25) is 0 Å². The summed E-state index contributed by atoms with van der Waals surface area (Å²) in [5, 5.41) is 3.43. The van der Waals surface area contributed by atoms with Crippen molar-refractivity contribution in [3.8, 4) is 0 Å². The van der Waals surface area contributed by atoms with E-state index in [0.717, 1.165) is 25.4 Å². The van der Waals surface area contributed by atoms with E-state index in [1.54, 1.807) is 6.26 Å². The normalized spacial score (nSPS) is 13.5. The van der Waals surface area contributed by atoms with Gasteiger partial charge in [-0.1, -0.05) is 20.8 Å². The molecule has 0 radical (unpaired) electrons. The Balaban J connectivity index is 2.49. The summed E-state index contributed by atoms with van der Waals surface area (Å²) in [7, 11) is 2.17. The molecule has 1 aromatic rings. The molecule has 1 rings (SSSR count). The molecule has 1 N–H and O–H groups in total. The average molecular weight is 252 g/mol. The third-order valence-corrected chi connectivity index (χ3v) is 3.44. The van der Waals surface area contributed by atoms with Crippen molar-refractivity contribution in [3.05, 3.63) is 23.7 Å². The van der Waals surface area contributed by atoms with Crippen LogP contribution in [0.2, 0.25) is 0 Å². The number of hydrogen-bond acceptors (Lipinski definition) is 3. The van der Waals surface area contributed by atoms with Crippen LogP contribution in [-0.2, 0) is 13.1 Å². The predicted molar refractivity (Wildman–Crippen MR) is 76.5 cm³/mol. The minimum absolute atomic E-state index is 0.608. The SMILES string of the molecule is CCC(C)N(C)Cc1ccoc1CNCC(C)C. The maximum absolute atomic E-state index is 5.57. The minimum Gasteiger partial charge on any atom is -0.468 e. The zero-order valence-electron chi connectivity index (χ0n) is 12.5. The van der Waals surface area contributed by atoms with E-state index in [4.69, 9.17) is 4.42 Å². The second kappa shape index (κ2) is 7.59. The molecule has 3 heteroatoms. The molecule has 3 nitrogen and oxygen atoms in total. The molecular formula is C15H28N2O. The smallest absolute Gasteiger partial charge is 0.122 e. The van der Waals surface area contributed by atoms with Crippen molar-refractivity contribution in [1.82, 2.24) is 10.2 Å². The number of furan rings is 1. The lowest BCUT2D eigenvalue weighted by molar-refractivity contribution is 0.241. The van der Waals surface area contributed by atoms with Gasteiger partial charge in [-0.2, -0.15) is 0 Å². The molecule has 0 aliphatic heterocycles. The van der Waals surface area contributed by atoms with Crippen molar-refractivity contribution in [1.29, 1.82) is 0 Å². The van der Waals surface area contributed by atoms with E-state index in [0.29, 0.717) is 12.0 Å². The van der Waals surface area contributed by atoms with Crippen molar-refractivity contribution < 1.29 is 4.42 Å². The highest BCUT2D eigenvalue weighted by molar-refractivity contribution is 5.16. The molecule has 104 valence electrons. The topological polar surface area (TPSA) is 28.4 Å². The first-order valence-electron chi connectivity index (χ1n) is 7.00. The summed E-state index contributed by atoms with van der Waals surface area (Å²) in [5.74, 6) is 1.75. The maximum Gasteiger partial charge on any atom is 0.122 e. The molecule has 0 saturated carbocycles. The quantitative estimate of drug-likeness (QED) is 0.770. The highest BCUT2D eigenvalue weighted by atomic mass is 16.3. The van der Waals surface area contributed by atoms with Crippen LogP contribution in [0, 0.1) is 5.92 Å². The van der Waals surface area contributed by atoms with Crippen molar-refractivity contribution in [2.24, 2.45) is 5.92 Å². The van der Waals surface area contributed by atoms with Crippen molar-refractivity contribution in [2.45, 2.75) is 53.2 Å². The maximum atomic E-state index is 5.57. The van der Waals surface area contributed by atoms with Gasteiger partial charge in [-0.15, -0.1) is 0 Å². The first kappa shape index (κ1) is 15.3. The van der Waals surface area contributed by atoms with Crippen LogP contribution in [0.4, 0.5) is 0 Å². The zero-order chi connectivity index (χ0) is 13.5. The lowest BCUT2D eigenvalue weighted by atomic mass is 10.1. The molecule has 0 amide bonds. The number of nitrogens with one attached hydrogen (secondary N) is 1. The van der Waals surface area contributed by atoms with E-state index < -0.39 is 0 Å². The summed E-state index contributed by atoms with van der Waals surface area (Å²) in [6.45, 7) is 11.7. The van der Waals surface area contributed by atoms with Gasteiger partial charge in [0, 0.05) is 18.2 Å². The molecule has 0 spiro atoms. The Hall–Kier alpha value is -0.800. The van der Waals surface area contributed by atoms with Gasteiger partial charge >= 0.3 is 0 Å². The van der Waals surface area contributed by atoms with Gasteiger partial charge in [0.25, 0.3) is 0 Å². The Morgan fingerprint density at radius 3 is 2.67 bits per heavy atom. The van der Waals surface area contributed by atoms with Crippen LogP contribution in [0.15, 0.2) is 16.7 Å². The van der Waals surface area contributed by atoms with Gasteiger partial charge in [0.1, 0.15) is 5.76 Å². The van der Waals surface area contributed by atoms with Crippen molar-refractivity contribution in [3.63, 3.8) is 0 Å². The van der Waals surface area contributed by atoms with Gasteiger partial charge in [0.05, 0.1) is 12.8 Å². The Labute approximate surface area is 112 Å². The highest BCUT2D eigenvalue weighted by Gasteiger charge is 2.12. The molecule has 0 aliphatic rings. The van der Waals surface area contributed by atoms with Crippen LogP contribution in [0.1, 0.15) is 45.4 Å². The third-order valence-electron chi connectivity index (χ3n) is 3.44. The monoisotopic (exact) mass is 252 g/mol. The van der Waals surface area contributed by atoms with Gasteiger partial charge in [-0.3, -0.25) is 4.90 Å². The fourth-order valence-corrected chi connectivity index (χ4v) is 1.87. The largest absolute Gasteiger partial charge is 0.468 e. The van der Waals surface area contributed by atoms with Crippen LogP contribution in [-0.4, -0.2) is 24.5 Å². The zero-order valence-corrected chi connectivity index (χ0v) is 12.5. The molecule has 0 aliphatic carbocycles. The van der Waals surface area contributed by atoms with Gasteiger partial charge < -0.3 is 9.73 Å². The van der Waals surface area contributed by atoms with Gasteiger partial charge in [0.15, 0.2) is 0 Å². The first-order chi connectivity index (χ1) is 8.54. The highest BCUT2D eigenvalue weighted by Crippen LogP contribution is 2.14. The van der Waals surface area contributed by atoms with Crippen molar-refractivity contribution >= 4 is 0 Å². The second-order valence-electron chi connectivity index (χ2n) is 5.57. The van der Waals surface area contributed by atoms with E-state index in [-0.39, 0.29) is 0 Å². The number of nitrogens with zero attached hydrogens (tertiary/aromatic N) is 1. The first-order valence-corrected chi connectivity index (χ1v) is 7.00. The van der Waals surface area contributed by atoms with E-state index in [2.05, 4.69) is 51.0 Å². The lowest BCUT2D eigenvalue weighted by Gasteiger charge is -2.23. The van der Waals surface area contributed by atoms with Gasteiger partial charge in [-0.25, -0.2) is 0 Å².